The van der Waals surface area contributed by atoms with Gasteiger partial charge in [0.25, 0.3) is 5.91 Å². The highest BCUT2D eigenvalue weighted by Crippen LogP contribution is 2.22. The zero-order valence-electron chi connectivity index (χ0n) is 13.2. The zero-order chi connectivity index (χ0) is 17.1. The van der Waals surface area contributed by atoms with Crippen molar-refractivity contribution in [3.63, 3.8) is 0 Å². The van der Waals surface area contributed by atoms with E-state index in [1.54, 1.807) is 22.9 Å². The molecule has 0 aliphatic rings. The Kier molecular flexibility index (Phi) is 4.06. The highest BCUT2D eigenvalue weighted by Gasteiger charge is 2.14. The van der Waals surface area contributed by atoms with Crippen LogP contribution in [0.15, 0.2) is 36.8 Å². The van der Waals surface area contributed by atoms with Gasteiger partial charge in [0.05, 0.1) is 5.69 Å². The summed E-state index contributed by atoms with van der Waals surface area (Å²) >= 11 is 0. The molecule has 0 atom stereocenters. The summed E-state index contributed by atoms with van der Waals surface area (Å²) < 4.78 is 1.62. The number of carbonyl (C=O) groups excluding carboxylic acids is 1. The normalized spacial score (nSPS) is 10.4. The van der Waals surface area contributed by atoms with Crippen molar-refractivity contribution in [3.05, 3.63) is 53.9 Å². The van der Waals surface area contributed by atoms with E-state index in [0.717, 1.165) is 11.4 Å². The first-order valence-electron chi connectivity index (χ1n) is 7.18. The maximum Gasteiger partial charge on any atom is 0.288 e. The van der Waals surface area contributed by atoms with E-state index in [-0.39, 0.29) is 17.2 Å². The molecule has 3 rings (SSSR count). The summed E-state index contributed by atoms with van der Waals surface area (Å²) in [5, 5.41) is 4.35. The summed E-state index contributed by atoms with van der Waals surface area (Å²) in [6, 6.07) is 6.97. The fourth-order valence-corrected chi connectivity index (χ4v) is 2.18. The molecule has 0 saturated heterocycles. The summed E-state index contributed by atoms with van der Waals surface area (Å²) in [4.78, 5) is 24.2. The third-order valence-electron chi connectivity index (χ3n) is 3.27. The lowest BCUT2D eigenvalue weighted by atomic mass is 10.3. The van der Waals surface area contributed by atoms with Crippen LogP contribution in [0.1, 0.15) is 21.9 Å². The standard InChI is InChI=1S/C15H16N8O/c1-9-7-10(2)23(22-9)14-12(16)13(18-8-19-14)20-21-15(24)11-5-3-4-6-17-11/h3-8H,16H2,1-2H3,(H,21,24)(H,18,19,20). The molecular formula is C15H16N8O. The smallest absolute Gasteiger partial charge is 0.288 e. The minimum atomic E-state index is -0.402. The molecule has 0 saturated carbocycles. The fraction of sp³-hybridized carbons (Fsp3) is 0.133. The predicted octanol–water partition coefficient (Wildman–Crippen LogP) is 1.01. The first-order chi connectivity index (χ1) is 11.6. The van der Waals surface area contributed by atoms with Crippen LogP contribution in [-0.4, -0.2) is 30.6 Å². The molecule has 0 aromatic carbocycles. The number of nitrogens with zero attached hydrogens (tertiary/aromatic N) is 5. The number of rotatable bonds is 4. The molecule has 3 heterocycles. The Morgan fingerprint density at radius 1 is 1.21 bits per heavy atom. The van der Waals surface area contributed by atoms with Gasteiger partial charge in [0.2, 0.25) is 0 Å². The number of aryl methyl sites for hydroxylation is 2. The van der Waals surface area contributed by atoms with E-state index in [9.17, 15) is 4.79 Å². The summed E-state index contributed by atoms with van der Waals surface area (Å²) in [6.07, 6.45) is 2.88. The van der Waals surface area contributed by atoms with Gasteiger partial charge < -0.3 is 5.73 Å². The number of anilines is 2. The highest BCUT2D eigenvalue weighted by molar-refractivity contribution is 5.93. The van der Waals surface area contributed by atoms with Crippen LogP contribution < -0.4 is 16.6 Å². The van der Waals surface area contributed by atoms with Crippen LogP contribution in [0.2, 0.25) is 0 Å². The first kappa shape index (κ1) is 15.4. The predicted molar refractivity (Wildman–Crippen MR) is 88.4 cm³/mol. The topological polar surface area (TPSA) is 124 Å². The monoisotopic (exact) mass is 324 g/mol. The lowest BCUT2D eigenvalue weighted by molar-refractivity contribution is 0.0957. The minimum absolute atomic E-state index is 0.269. The molecule has 24 heavy (non-hydrogen) atoms. The number of nitrogens with one attached hydrogen (secondary N) is 2. The van der Waals surface area contributed by atoms with Gasteiger partial charge in [0.15, 0.2) is 11.6 Å². The van der Waals surface area contributed by atoms with Crippen LogP contribution >= 0.6 is 0 Å². The summed E-state index contributed by atoms with van der Waals surface area (Å²) in [5.41, 5.74) is 13.6. The van der Waals surface area contributed by atoms with Crippen LogP contribution in [-0.2, 0) is 0 Å². The van der Waals surface area contributed by atoms with E-state index in [0.29, 0.717) is 5.82 Å². The van der Waals surface area contributed by atoms with Gasteiger partial charge in [0, 0.05) is 11.9 Å². The van der Waals surface area contributed by atoms with E-state index in [1.165, 1.54) is 12.5 Å². The number of hydrogen-bond donors (Lipinski definition) is 3. The van der Waals surface area contributed by atoms with Crippen LogP contribution in [0.4, 0.5) is 11.5 Å². The van der Waals surface area contributed by atoms with E-state index in [1.807, 2.05) is 19.9 Å². The lowest BCUT2D eigenvalue weighted by Gasteiger charge is -2.12. The van der Waals surface area contributed by atoms with Gasteiger partial charge >= 0.3 is 0 Å². The van der Waals surface area contributed by atoms with Crippen molar-refractivity contribution in [2.24, 2.45) is 0 Å². The number of nitrogen functional groups attached to an aromatic ring is 1. The molecule has 3 aromatic rings. The second-order valence-corrected chi connectivity index (χ2v) is 5.09. The molecule has 0 unspecified atom stereocenters. The van der Waals surface area contributed by atoms with Crippen molar-refractivity contribution in [1.82, 2.24) is 30.2 Å². The van der Waals surface area contributed by atoms with Crippen LogP contribution in [0, 0.1) is 13.8 Å². The summed E-state index contributed by atoms with van der Waals surface area (Å²) in [5.74, 6) is 0.309. The molecule has 9 heteroatoms. The molecule has 0 spiro atoms. The molecule has 9 nitrogen and oxygen atoms in total. The van der Waals surface area contributed by atoms with Crippen LogP contribution in [0.25, 0.3) is 5.82 Å². The number of carbonyl (C=O) groups is 1. The summed E-state index contributed by atoms with van der Waals surface area (Å²) in [7, 11) is 0. The third-order valence-corrected chi connectivity index (χ3v) is 3.27. The maximum absolute atomic E-state index is 12.0. The molecular weight excluding hydrogens is 308 g/mol. The van der Waals surface area contributed by atoms with Crippen molar-refractivity contribution < 1.29 is 4.79 Å². The molecule has 0 aliphatic carbocycles. The van der Waals surface area contributed by atoms with Gasteiger partial charge in [-0.3, -0.25) is 20.6 Å². The third kappa shape index (κ3) is 3.00. The number of nitrogens with two attached hydrogens (primary N) is 1. The largest absolute Gasteiger partial charge is 0.393 e. The molecule has 0 aliphatic heterocycles. The number of hydrogen-bond acceptors (Lipinski definition) is 7. The van der Waals surface area contributed by atoms with Gasteiger partial charge in [-0.1, -0.05) is 6.07 Å². The second kappa shape index (κ2) is 6.32. The Morgan fingerprint density at radius 2 is 2.04 bits per heavy atom. The fourth-order valence-electron chi connectivity index (χ4n) is 2.18. The van der Waals surface area contributed by atoms with Gasteiger partial charge in [-0.15, -0.1) is 0 Å². The molecule has 3 aromatic heterocycles. The Hall–Kier alpha value is -3.49. The second-order valence-electron chi connectivity index (χ2n) is 5.09. The van der Waals surface area contributed by atoms with E-state index in [4.69, 9.17) is 5.73 Å². The van der Waals surface area contributed by atoms with Crippen LogP contribution in [0.3, 0.4) is 0 Å². The zero-order valence-corrected chi connectivity index (χ0v) is 13.2. The van der Waals surface area contributed by atoms with E-state index < -0.39 is 5.91 Å². The van der Waals surface area contributed by atoms with Crippen molar-refractivity contribution in [1.29, 1.82) is 0 Å². The van der Waals surface area contributed by atoms with E-state index >= 15 is 0 Å². The van der Waals surface area contributed by atoms with Gasteiger partial charge in [0.1, 0.15) is 17.7 Å². The number of amides is 1. The van der Waals surface area contributed by atoms with Crippen molar-refractivity contribution in [2.45, 2.75) is 13.8 Å². The van der Waals surface area contributed by atoms with E-state index in [2.05, 4.69) is 30.9 Å². The minimum Gasteiger partial charge on any atom is -0.393 e. The average Bonchev–Trinajstić information content (AvgIpc) is 2.92. The Bertz CT molecular complexity index is 874. The van der Waals surface area contributed by atoms with Crippen molar-refractivity contribution >= 4 is 17.4 Å². The quantitative estimate of drug-likeness (QED) is 0.612. The van der Waals surface area contributed by atoms with Gasteiger partial charge in [-0.25, -0.2) is 14.6 Å². The number of pyridine rings is 1. The number of hydrazine groups is 1. The first-order valence-corrected chi connectivity index (χ1v) is 7.18. The lowest BCUT2D eigenvalue weighted by Crippen LogP contribution is -2.31. The Labute approximate surface area is 137 Å². The molecule has 0 bridgehead atoms. The number of aromatic nitrogens is 5. The highest BCUT2D eigenvalue weighted by atomic mass is 16.2. The van der Waals surface area contributed by atoms with Crippen molar-refractivity contribution in [3.8, 4) is 5.82 Å². The molecule has 1 amide bonds. The molecule has 0 radical (unpaired) electrons. The molecule has 4 N–H and O–H groups in total. The van der Waals surface area contributed by atoms with Gasteiger partial charge in [-0.2, -0.15) is 5.10 Å². The Morgan fingerprint density at radius 3 is 2.71 bits per heavy atom. The average molecular weight is 324 g/mol. The van der Waals surface area contributed by atoms with Crippen LogP contribution in [0.5, 0.6) is 0 Å². The van der Waals surface area contributed by atoms with Crippen molar-refractivity contribution in [2.75, 3.05) is 11.2 Å². The molecule has 122 valence electrons. The summed E-state index contributed by atoms with van der Waals surface area (Å²) in [6.45, 7) is 3.78. The van der Waals surface area contributed by atoms with Gasteiger partial charge in [-0.05, 0) is 32.0 Å². The SMILES string of the molecule is Cc1cc(C)n(-c2ncnc(NNC(=O)c3ccccn3)c2N)n1. The Balaban J connectivity index is 1.81. The maximum atomic E-state index is 12.0. The molecule has 0 fully saturated rings.